The topological polar surface area (TPSA) is 119 Å². The molecule has 126 valence electrons. The smallest absolute Gasteiger partial charge is 0.322 e. The second-order valence-electron chi connectivity index (χ2n) is 5.95. The highest BCUT2D eigenvalue weighted by molar-refractivity contribution is 5.97. The van der Waals surface area contributed by atoms with Crippen LogP contribution in [0.3, 0.4) is 0 Å². The summed E-state index contributed by atoms with van der Waals surface area (Å²) < 4.78 is 10.6. The number of hydrogen-bond acceptors (Lipinski definition) is 6. The summed E-state index contributed by atoms with van der Waals surface area (Å²) in [7, 11) is 0. The molecule has 0 unspecified atom stereocenters. The van der Waals surface area contributed by atoms with Crippen LogP contribution in [-0.4, -0.2) is 27.8 Å². The minimum absolute atomic E-state index is 0.157. The number of carbonyl (C=O) groups is 1. The van der Waals surface area contributed by atoms with Gasteiger partial charge in [0.15, 0.2) is 11.5 Å². The van der Waals surface area contributed by atoms with E-state index in [0.29, 0.717) is 11.5 Å². The molecule has 24 heavy (non-hydrogen) atoms. The van der Waals surface area contributed by atoms with Gasteiger partial charge in [-0.2, -0.15) is 5.10 Å². The van der Waals surface area contributed by atoms with Crippen LogP contribution in [0.5, 0.6) is 11.5 Å². The molecule has 2 aromatic rings. The quantitative estimate of drug-likeness (QED) is 0.653. The molecule has 0 aliphatic carbocycles. The van der Waals surface area contributed by atoms with Gasteiger partial charge in [-0.1, -0.05) is 6.07 Å². The van der Waals surface area contributed by atoms with Gasteiger partial charge in [-0.15, -0.1) is 0 Å². The van der Waals surface area contributed by atoms with Crippen LogP contribution < -0.4 is 14.8 Å². The van der Waals surface area contributed by atoms with Crippen molar-refractivity contribution in [2.75, 3.05) is 6.79 Å². The standard InChI is InChI=1S/C15H16N4O5/c1-8-13(19(21)22)12(18-17-8)14(20)16-15(2,3)9-4-5-10-11(6-9)24-7-23-10/h4-6H,7H2,1-3H3,(H,16,20)(H,17,18). The van der Waals surface area contributed by atoms with Crippen molar-refractivity contribution in [3.8, 4) is 11.5 Å². The fourth-order valence-electron chi connectivity index (χ4n) is 2.51. The van der Waals surface area contributed by atoms with Crippen molar-refractivity contribution in [2.45, 2.75) is 26.3 Å². The van der Waals surface area contributed by atoms with Crippen LogP contribution in [-0.2, 0) is 5.54 Å². The van der Waals surface area contributed by atoms with Crippen LogP contribution >= 0.6 is 0 Å². The molecule has 2 heterocycles. The molecule has 3 rings (SSSR count). The summed E-state index contributed by atoms with van der Waals surface area (Å²) in [5, 5.41) is 20.1. The van der Waals surface area contributed by atoms with Crippen LogP contribution in [0.1, 0.15) is 35.6 Å². The number of benzene rings is 1. The molecule has 0 radical (unpaired) electrons. The number of carbonyl (C=O) groups excluding carboxylic acids is 1. The Morgan fingerprint density at radius 2 is 2.08 bits per heavy atom. The maximum atomic E-state index is 12.5. The average molecular weight is 332 g/mol. The lowest BCUT2D eigenvalue weighted by molar-refractivity contribution is -0.385. The molecule has 1 aromatic carbocycles. The second-order valence-corrected chi connectivity index (χ2v) is 5.95. The van der Waals surface area contributed by atoms with Gasteiger partial charge >= 0.3 is 5.69 Å². The van der Waals surface area contributed by atoms with Crippen molar-refractivity contribution in [2.24, 2.45) is 0 Å². The number of fused-ring (bicyclic) bond motifs is 1. The van der Waals surface area contributed by atoms with Crippen molar-refractivity contribution in [3.05, 3.63) is 45.3 Å². The van der Waals surface area contributed by atoms with E-state index in [0.717, 1.165) is 5.56 Å². The van der Waals surface area contributed by atoms with Crippen molar-refractivity contribution < 1.29 is 19.2 Å². The molecule has 1 aromatic heterocycles. The zero-order valence-corrected chi connectivity index (χ0v) is 13.4. The lowest BCUT2D eigenvalue weighted by Crippen LogP contribution is -2.41. The summed E-state index contributed by atoms with van der Waals surface area (Å²) in [6.07, 6.45) is 0. The zero-order chi connectivity index (χ0) is 17.5. The summed E-state index contributed by atoms with van der Waals surface area (Å²) in [5.74, 6) is 0.601. The number of H-pyrrole nitrogens is 1. The van der Waals surface area contributed by atoms with Crippen molar-refractivity contribution in [1.82, 2.24) is 15.5 Å². The lowest BCUT2D eigenvalue weighted by atomic mass is 9.93. The van der Waals surface area contributed by atoms with E-state index in [9.17, 15) is 14.9 Å². The van der Waals surface area contributed by atoms with E-state index in [4.69, 9.17) is 9.47 Å². The maximum Gasteiger partial charge on any atom is 0.322 e. The molecule has 0 atom stereocenters. The molecule has 0 saturated carbocycles. The first-order valence-corrected chi connectivity index (χ1v) is 7.21. The Hall–Kier alpha value is -3.10. The largest absolute Gasteiger partial charge is 0.454 e. The number of ether oxygens (including phenoxy) is 2. The number of hydrogen-bond donors (Lipinski definition) is 2. The molecule has 9 heteroatoms. The first-order chi connectivity index (χ1) is 11.3. The minimum Gasteiger partial charge on any atom is -0.454 e. The predicted octanol–water partition coefficient (Wildman–Crippen LogP) is 2.02. The van der Waals surface area contributed by atoms with Gasteiger partial charge in [0.25, 0.3) is 5.91 Å². The Labute approximate surface area is 137 Å². The molecular weight excluding hydrogens is 316 g/mol. The van der Waals surface area contributed by atoms with Gasteiger partial charge in [-0.05, 0) is 38.5 Å². The molecule has 1 aliphatic rings. The number of nitrogens with one attached hydrogen (secondary N) is 2. The Morgan fingerprint density at radius 1 is 1.38 bits per heavy atom. The van der Waals surface area contributed by atoms with Crippen LogP contribution in [0.2, 0.25) is 0 Å². The molecule has 0 bridgehead atoms. The van der Waals surface area contributed by atoms with E-state index in [2.05, 4.69) is 15.5 Å². The number of nitro groups is 1. The van der Waals surface area contributed by atoms with Gasteiger partial charge < -0.3 is 14.8 Å². The SMILES string of the molecule is Cc1[nH]nc(C(=O)NC(C)(C)c2ccc3c(c2)OCO3)c1[N+](=O)[O-]. The van der Waals surface area contributed by atoms with Crippen LogP contribution in [0.4, 0.5) is 5.69 Å². The van der Waals surface area contributed by atoms with Crippen molar-refractivity contribution >= 4 is 11.6 Å². The molecular formula is C15H16N4O5. The van der Waals surface area contributed by atoms with Gasteiger partial charge in [0.05, 0.1) is 10.5 Å². The van der Waals surface area contributed by atoms with E-state index in [1.54, 1.807) is 32.0 Å². The van der Waals surface area contributed by atoms with Gasteiger partial charge in [0.1, 0.15) is 5.69 Å². The monoisotopic (exact) mass is 332 g/mol. The Morgan fingerprint density at radius 3 is 2.79 bits per heavy atom. The predicted molar refractivity (Wildman–Crippen MR) is 83.0 cm³/mol. The van der Waals surface area contributed by atoms with E-state index >= 15 is 0 Å². The Kier molecular flexibility index (Phi) is 3.63. The average Bonchev–Trinajstić information content (AvgIpc) is 3.11. The van der Waals surface area contributed by atoms with Gasteiger partial charge in [0, 0.05) is 0 Å². The van der Waals surface area contributed by atoms with E-state index in [1.165, 1.54) is 6.92 Å². The summed E-state index contributed by atoms with van der Waals surface area (Å²) in [5.41, 5.74) is -0.361. The third kappa shape index (κ3) is 2.64. The number of aryl methyl sites for hydroxylation is 1. The number of amides is 1. The van der Waals surface area contributed by atoms with Gasteiger partial charge in [0.2, 0.25) is 12.5 Å². The zero-order valence-electron chi connectivity index (χ0n) is 13.4. The molecule has 0 spiro atoms. The third-order valence-corrected chi connectivity index (χ3v) is 3.83. The fourth-order valence-corrected chi connectivity index (χ4v) is 2.51. The highest BCUT2D eigenvalue weighted by Crippen LogP contribution is 2.35. The van der Waals surface area contributed by atoms with E-state index in [-0.39, 0.29) is 23.9 Å². The summed E-state index contributed by atoms with van der Waals surface area (Å²) >= 11 is 0. The highest BCUT2D eigenvalue weighted by atomic mass is 16.7. The first-order valence-electron chi connectivity index (χ1n) is 7.21. The normalized spacial score (nSPS) is 13.0. The van der Waals surface area contributed by atoms with Crippen LogP contribution in [0.15, 0.2) is 18.2 Å². The van der Waals surface area contributed by atoms with Crippen LogP contribution in [0.25, 0.3) is 0 Å². The van der Waals surface area contributed by atoms with Crippen molar-refractivity contribution in [3.63, 3.8) is 0 Å². The summed E-state index contributed by atoms with van der Waals surface area (Å²) in [4.78, 5) is 22.9. The molecule has 1 amide bonds. The van der Waals surface area contributed by atoms with Crippen molar-refractivity contribution in [1.29, 1.82) is 0 Å². The second kappa shape index (κ2) is 5.52. The van der Waals surface area contributed by atoms with Gasteiger partial charge in [-0.3, -0.25) is 20.0 Å². The van der Waals surface area contributed by atoms with E-state index < -0.39 is 16.4 Å². The summed E-state index contributed by atoms with van der Waals surface area (Å²) in [6, 6.07) is 5.33. The van der Waals surface area contributed by atoms with E-state index in [1.807, 2.05) is 0 Å². The van der Waals surface area contributed by atoms with Crippen LogP contribution in [0, 0.1) is 17.0 Å². The highest BCUT2D eigenvalue weighted by Gasteiger charge is 2.32. The number of aromatic nitrogens is 2. The molecule has 0 fully saturated rings. The minimum atomic E-state index is -0.793. The third-order valence-electron chi connectivity index (χ3n) is 3.83. The lowest BCUT2D eigenvalue weighted by Gasteiger charge is -2.26. The number of rotatable bonds is 4. The maximum absolute atomic E-state index is 12.5. The fraction of sp³-hybridized carbons (Fsp3) is 0.333. The molecule has 9 nitrogen and oxygen atoms in total. The molecule has 0 saturated heterocycles. The first kappa shape index (κ1) is 15.8. The van der Waals surface area contributed by atoms with Gasteiger partial charge in [-0.25, -0.2) is 0 Å². The molecule has 1 aliphatic heterocycles. The number of nitrogens with zero attached hydrogens (tertiary/aromatic N) is 2. The Balaban J connectivity index is 1.87. The Bertz CT molecular complexity index is 827. The summed E-state index contributed by atoms with van der Waals surface area (Å²) in [6.45, 7) is 5.22. The molecule has 2 N–H and O–H groups in total. The number of aromatic amines is 1.